The number of fused-ring (bicyclic) bond motifs is 1. The van der Waals surface area contributed by atoms with E-state index in [1.54, 1.807) is 12.4 Å². The molecule has 0 aliphatic heterocycles. The summed E-state index contributed by atoms with van der Waals surface area (Å²) in [6.45, 7) is 5.97. The first-order chi connectivity index (χ1) is 11.2. The van der Waals surface area contributed by atoms with Gasteiger partial charge < -0.3 is 5.32 Å². The molecule has 1 aliphatic carbocycles. The third-order valence-electron chi connectivity index (χ3n) is 4.37. The van der Waals surface area contributed by atoms with Crippen LogP contribution in [0.1, 0.15) is 40.0 Å². The second kappa shape index (κ2) is 5.97. The molecule has 0 aromatic carbocycles. The van der Waals surface area contributed by atoms with E-state index in [1.807, 2.05) is 39.0 Å². The number of nitrogens with one attached hydrogen (secondary N) is 2. The molecule has 0 unspecified atom stereocenters. The minimum Gasteiger partial charge on any atom is -0.382 e. The summed E-state index contributed by atoms with van der Waals surface area (Å²) in [5.74, 6) is 0. The van der Waals surface area contributed by atoms with Gasteiger partial charge in [0.2, 0.25) is 10.0 Å². The van der Waals surface area contributed by atoms with Gasteiger partial charge in [0.25, 0.3) is 0 Å². The van der Waals surface area contributed by atoms with Crippen molar-refractivity contribution in [2.75, 3.05) is 11.9 Å². The zero-order valence-electron chi connectivity index (χ0n) is 14.3. The first-order valence-corrected chi connectivity index (χ1v) is 9.68. The molecule has 6 nitrogen and oxygen atoms in total. The van der Waals surface area contributed by atoms with Gasteiger partial charge in [0, 0.05) is 24.5 Å². The number of anilines is 1. The van der Waals surface area contributed by atoms with Crippen LogP contribution in [-0.4, -0.2) is 35.2 Å². The molecular formula is C17H24N4O2S. The Bertz CT molecular complexity index is 834. The Morgan fingerprint density at radius 3 is 2.54 bits per heavy atom. The smallest absolute Gasteiger partial charge is 0.219 e. The third-order valence-corrected chi connectivity index (χ3v) is 6.95. The quantitative estimate of drug-likeness (QED) is 0.868. The molecule has 7 heteroatoms. The zero-order valence-corrected chi connectivity index (χ0v) is 15.2. The summed E-state index contributed by atoms with van der Waals surface area (Å²) in [7, 11) is -3.41. The number of rotatable bonds is 5. The topological polar surface area (TPSA) is 84.0 Å². The Morgan fingerprint density at radius 1 is 1.17 bits per heavy atom. The Kier molecular flexibility index (Phi) is 4.25. The molecule has 0 atom stereocenters. The van der Waals surface area contributed by atoms with Crippen LogP contribution < -0.4 is 10.0 Å². The van der Waals surface area contributed by atoms with Gasteiger partial charge >= 0.3 is 0 Å². The van der Waals surface area contributed by atoms with Crippen molar-refractivity contribution in [1.82, 2.24) is 14.7 Å². The van der Waals surface area contributed by atoms with Crippen LogP contribution in [0.15, 0.2) is 30.6 Å². The maximum atomic E-state index is 12.9. The van der Waals surface area contributed by atoms with Crippen LogP contribution in [0.3, 0.4) is 0 Å². The number of nitrogens with zero attached hydrogens (tertiary/aromatic N) is 2. The fourth-order valence-electron chi connectivity index (χ4n) is 3.00. The van der Waals surface area contributed by atoms with Crippen molar-refractivity contribution in [1.29, 1.82) is 0 Å². The van der Waals surface area contributed by atoms with E-state index < -0.39 is 20.3 Å². The first kappa shape index (κ1) is 17.1. The van der Waals surface area contributed by atoms with E-state index in [2.05, 4.69) is 20.0 Å². The average Bonchev–Trinajstić information content (AvgIpc) is 2.43. The minimum absolute atomic E-state index is 0.369. The van der Waals surface area contributed by atoms with E-state index in [9.17, 15) is 8.42 Å². The van der Waals surface area contributed by atoms with E-state index in [0.29, 0.717) is 19.4 Å². The lowest BCUT2D eigenvalue weighted by molar-refractivity contribution is 0.339. The van der Waals surface area contributed by atoms with E-state index in [1.165, 1.54) is 0 Å². The summed E-state index contributed by atoms with van der Waals surface area (Å²) in [5.41, 5.74) is 1.89. The lowest BCUT2D eigenvalue weighted by Gasteiger charge is -2.42. The maximum Gasteiger partial charge on any atom is 0.219 e. The van der Waals surface area contributed by atoms with Crippen LogP contribution in [0.25, 0.3) is 11.0 Å². The van der Waals surface area contributed by atoms with Gasteiger partial charge in [-0.25, -0.2) is 13.1 Å². The number of hydrogen-bond acceptors (Lipinski definition) is 5. The Labute approximate surface area is 143 Å². The van der Waals surface area contributed by atoms with Crippen LogP contribution in [0.4, 0.5) is 5.69 Å². The van der Waals surface area contributed by atoms with Crippen molar-refractivity contribution in [2.24, 2.45) is 0 Å². The molecule has 2 heterocycles. The Morgan fingerprint density at radius 2 is 1.92 bits per heavy atom. The van der Waals surface area contributed by atoms with Gasteiger partial charge in [-0.1, -0.05) is 6.42 Å². The van der Waals surface area contributed by atoms with Crippen LogP contribution in [0.2, 0.25) is 0 Å². The Hall–Kier alpha value is -1.73. The largest absolute Gasteiger partial charge is 0.382 e. The maximum absolute atomic E-state index is 12.9. The van der Waals surface area contributed by atoms with Gasteiger partial charge in [0.15, 0.2) is 0 Å². The summed E-state index contributed by atoms with van der Waals surface area (Å²) in [5, 5.41) is 3.30. The van der Waals surface area contributed by atoms with Gasteiger partial charge in [-0.3, -0.25) is 9.97 Å². The van der Waals surface area contributed by atoms with Gasteiger partial charge in [0.1, 0.15) is 10.3 Å². The standard InChI is InChI=1S/C17H24N4O2S/c1-16(2,3)21-24(22,23)17(8-5-9-17)12-20-14-7-11-18-13-6-4-10-19-15(13)14/h4,6-7,10-11,21H,5,8-9,12H2,1-3H3,(H,18,20). The molecule has 3 rings (SSSR count). The molecule has 130 valence electrons. The van der Waals surface area contributed by atoms with Crippen molar-refractivity contribution in [3.8, 4) is 0 Å². The monoisotopic (exact) mass is 348 g/mol. The van der Waals surface area contributed by atoms with E-state index >= 15 is 0 Å². The molecule has 1 saturated carbocycles. The molecule has 0 radical (unpaired) electrons. The van der Waals surface area contributed by atoms with Crippen LogP contribution in [-0.2, 0) is 10.0 Å². The number of sulfonamides is 1. The first-order valence-electron chi connectivity index (χ1n) is 8.20. The van der Waals surface area contributed by atoms with E-state index in [4.69, 9.17) is 0 Å². The van der Waals surface area contributed by atoms with Crippen molar-refractivity contribution in [3.05, 3.63) is 30.6 Å². The lowest BCUT2D eigenvalue weighted by Crippen LogP contribution is -2.58. The fraction of sp³-hybridized carbons (Fsp3) is 0.529. The van der Waals surface area contributed by atoms with Crippen LogP contribution in [0, 0.1) is 0 Å². The molecule has 0 bridgehead atoms. The predicted molar refractivity (Wildman–Crippen MR) is 96.4 cm³/mol. The molecule has 0 amide bonds. The third kappa shape index (κ3) is 3.23. The predicted octanol–water partition coefficient (Wildman–Crippen LogP) is 2.68. The van der Waals surface area contributed by atoms with Crippen molar-refractivity contribution < 1.29 is 8.42 Å². The van der Waals surface area contributed by atoms with Gasteiger partial charge in [-0.05, 0) is 51.8 Å². The fourth-order valence-corrected chi connectivity index (χ4v) is 5.11. The summed E-state index contributed by atoms with van der Waals surface area (Å²) >= 11 is 0. The summed E-state index contributed by atoms with van der Waals surface area (Å²) in [4.78, 5) is 8.64. The van der Waals surface area contributed by atoms with Crippen LogP contribution in [0.5, 0.6) is 0 Å². The molecule has 2 aromatic rings. The van der Waals surface area contributed by atoms with Crippen molar-refractivity contribution >= 4 is 26.7 Å². The summed E-state index contributed by atoms with van der Waals surface area (Å²) in [6.07, 6.45) is 5.69. The minimum atomic E-state index is -3.41. The molecule has 2 aromatic heterocycles. The molecule has 2 N–H and O–H groups in total. The van der Waals surface area contributed by atoms with Gasteiger partial charge in [-0.2, -0.15) is 0 Å². The van der Waals surface area contributed by atoms with Gasteiger partial charge in [0.05, 0.1) is 11.2 Å². The summed E-state index contributed by atoms with van der Waals surface area (Å²) < 4.78 is 27.8. The average molecular weight is 348 g/mol. The van der Waals surface area contributed by atoms with E-state index in [0.717, 1.165) is 23.1 Å². The second-order valence-electron chi connectivity index (χ2n) is 7.48. The lowest BCUT2D eigenvalue weighted by atomic mass is 9.84. The SMILES string of the molecule is CC(C)(C)NS(=O)(=O)C1(CNc2ccnc3cccnc23)CCC1. The molecule has 24 heavy (non-hydrogen) atoms. The molecule has 0 spiro atoms. The van der Waals surface area contributed by atoms with Gasteiger partial charge in [-0.15, -0.1) is 0 Å². The van der Waals surface area contributed by atoms with Crippen molar-refractivity contribution in [3.63, 3.8) is 0 Å². The normalized spacial score (nSPS) is 17.5. The number of aromatic nitrogens is 2. The highest BCUT2D eigenvalue weighted by Gasteiger charge is 2.49. The Balaban J connectivity index is 1.83. The zero-order chi connectivity index (χ0) is 17.4. The van der Waals surface area contributed by atoms with Crippen molar-refractivity contribution in [2.45, 2.75) is 50.3 Å². The molecule has 1 fully saturated rings. The molecule has 0 saturated heterocycles. The highest BCUT2D eigenvalue weighted by Crippen LogP contribution is 2.40. The summed E-state index contributed by atoms with van der Waals surface area (Å²) in [6, 6.07) is 5.57. The van der Waals surface area contributed by atoms with Crippen LogP contribution >= 0.6 is 0 Å². The number of pyridine rings is 2. The highest BCUT2D eigenvalue weighted by atomic mass is 32.2. The molecule has 1 aliphatic rings. The van der Waals surface area contributed by atoms with E-state index in [-0.39, 0.29) is 0 Å². The highest BCUT2D eigenvalue weighted by molar-refractivity contribution is 7.91. The second-order valence-corrected chi connectivity index (χ2v) is 9.55. The number of hydrogen-bond donors (Lipinski definition) is 2. The molecular weight excluding hydrogens is 324 g/mol.